The number of hydrogen-bond donors (Lipinski definition) is 1. The van der Waals surface area contributed by atoms with Gasteiger partial charge in [0, 0.05) is 23.5 Å². The Balaban J connectivity index is 1.83. The number of fused-ring (bicyclic) bond motifs is 1. The number of nitrogens with zero attached hydrogens (tertiary/aromatic N) is 3. The molecule has 0 amide bonds. The number of benzene rings is 1. The molecule has 0 saturated heterocycles. The third-order valence-corrected chi connectivity index (χ3v) is 5.14. The maximum Gasteiger partial charge on any atom is 0.435 e. The van der Waals surface area contributed by atoms with Gasteiger partial charge in [-0.25, -0.2) is 9.78 Å². The number of pyridine rings is 1. The Kier molecular flexibility index (Phi) is 4.72. The van der Waals surface area contributed by atoms with Crippen LogP contribution in [0.15, 0.2) is 47.9 Å². The van der Waals surface area contributed by atoms with Crippen LogP contribution in [0.3, 0.4) is 0 Å². The SMILES string of the molecule is Cc1cc(C(F)(F)F)cc(C2(C(F)(F)F)CC(c3ccc(C(=O)O)n4ccnc34)=NO2)c1. The number of rotatable bonds is 3. The molecule has 3 heterocycles. The lowest BCUT2D eigenvalue weighted by Gasteiger charge is -2.30. The molecule has 0 bridgehead atoms. The van der Waals surface area contributed by atoms with Crippen LogP contribution in [0.4, 0.5) is 26.3 Å². The molecule has 2 aromatic heterocycles. The van der Waals surface area contributed by atoms with Crippen molar-refractivity contribution < 1.29 is 41.1 Å². The van der Waals surface area contributed by atoms with Crippen LogP contribution >= 0.6 is 0 Å². The summed E-state index contributed by atoms with van der Waals surface area (Å²) in [6.45, 7) is 1.25. The lowest BCUT2D eigenvalue weighted by atomic mass is 9.85. The topological polar surface area (TPSA) is 76.2 Å². The van der Waals surface area contributed by atoms with Gasteiger partial charge in [0.2, 0.25) is 0 Å². The van der Waals surface area contributed by atoms with Gasteiger partial charge in [-0.3, -0.25) is 4.40 Å². The van der Waals surface area contributed by atoms with Gasteiger partial charge in [0.1, 0.15) is 11.3 Å². The predicted octanol–water partition coefficient (Wildman–Crippen LogP) is 4.94. The molecule has 0 fully saturated rings. The maximum absolute atomic E-state index is 14.2. The van der Waals surface area contributed by atoms with Crippen molar-refractivity contribution in [1.29, 1.82) is 0 Å². The number of hydrogen-bond acceptors (Lipinski definition) is 4. The number of carboxylic acids is 1. The number of carbonyl (C=O) groups is 1. The first-order valence-corrected chi connectivity index (χ1v) is 9.04. The smallest absolute Gasteiger partial charge is 0.435 e. The highest BCUT2D eigenvalue weighted by atomic mass is 19.4. The van der Waals surface area contributed by atoms with E-state index in [9.17, 15) is 36.2 Å². The van der Waals surface area contributed by atoms with Crippen molar-refractivity contribution in [2.45, 2.75) is 31.3 Å². The molecule has 1 aromatic carbocycles. The minimum Gasteiger partial charge on any atom is -0.477 e. The van der Waals surface area contributed by atoms with Crippen LogP contribution in [0.25, 0.3) is 5.65 Å². The second kappa shape index (κ2) is 6.97. The number of aromatic nitrogens is 2. The second-order valence-corrected chi connectivity index (χ2v) is 7.27. The molecule has 0 aliphatic carbocycles. The van der Waals surface area contributed by atoms with Gasteiger partial charge in [-0.05, 0) is 31.2 Å². The lowest BCUT2D eigenvalue weighted by molar-refractivity contribution is -0.276. The summed E-state index contributed by atoms with van der Waals surface area (Å²) >= 11 is 0. The minimum atomic E-state index is -5.11. The average molecular weight is 457 g/mol. The van der Waals surface area contributed by atoms with Crippen LogP contribution in [-0.2, 0) is 16.6 Å². The fourth-order valence-electron chi connectivity index (χ4n) is 3.64. The zero-order valence-corrected chi connectivity index (χ0v) is 16.1. The third-order valence-electron chi connectivity index (χ3n) is 5.14. The summed E-state index contributed by atoms with van der Waals surface area (Å²) in [5.41, 5.74) is -5.49. The number of aryl methyl sites for hydroxylation is 1. The van der Waals surface area contributed by atoms with Crippen molar-refractivity contribution in [2.75, 3.05) is 0 Å². The Bertz CT molecular complexity index is 1260. The van der Waals surface area contributed by atoms with E-state index >= 15 is 0 Å². The van der Waals surface area contributed by atoms with Crippen LogP contribution in [0.5, 0.6) is 0 Å². The van der Waals surface area contributed by atoms with E-state index in [1.807, 2.05) is 0 Å². The molecular weight excluding hydrogens is 444 g/mol. The van der Waals surface area contributed by atoms with Crippen molar-refractivity contribution in [2.24, 2.45) is 5.16 Å². The normalized spacial score (nSPS) is 19.2. The zero-order chi connectivity index (χ0) is 23.5. The van der Waals surface area contributed by atoms with Crippen molar-refractivity contribution in [3.8, 4) is 0 Å². The Morgan fingerprint density at radius 1 is 1.16 bits per heavy atom. The van der Waals surface area contributed by atoms with Crippen molar-refractivity contribution in [3.05, 3.63) is 70.7 Å². The van der Waals surface area contributed by atoms with E-state index < -0.39 is 41.5 Å². The first-order chi connectivity index (χ1) is 14.8. The number of carboxylic acid groups (broad SMARTS) is 1. The quantitative estimate of drug-likeness (QED) is 0.566. The van der Waals surface area contributed by atoms with Crippen LogP contribution in [-0.4, -0.2) is 32.3 Å². The second-order valence-electron chi connectivity index (χ2n) is 7.27. The summed E-state index contributed by atoms with van der Waals surface area (Å²) in [5, 5.41) is 12.8. The molecule has 1 N–H and O–H groups in total. The molecule has 12 heteroatoms. The molecule has 3 aromatic rings. The van der Waals surface area contributed by atoms with Gasteiger partial charge >= 0.3 is 18.3 Å². The molecular formula is C20H13F6N3O3. The molecule has 1 atom stereocenters. The van der Waals surface area contributed by atoms with Crippen molar-refractivity contribution in [1.82, 2.24) is 9.38 Å². The molecule has 168 valence electrons. The van der Waals surface area contributed by atoms with E-state index in [0.29, 0.717) is 6.07 Å². The molecule has 4 rings (SSSR count). The number of imidazole rings is 1. The fourth-order valence-corrected chi connectivity index (χ4v) is 3.64. The van der Waals surface area contributed by atoms with E-state index in [-0.39, 0.29) is 28.2 Å². The summed E-state index contributed by atoms with van der Waals surface area (Å²) in [4.78, 5) is 20.2. The first kappa shape index (κ1) is 21.7. The van der Waals surface area contributed by atoms with E-state index in [4.69, 9.17) is 4.84 Å². The van der Waals surface area contributed by atoms with E-state index in [1.54, 1.807) is 0 Å². The third kappa shape index (κ3) is 3.35. The first-order valence-electron chi connectivity index (χ1n) is 9.04. The van der Waals surface area contributed by atoms with Crippen LogP contribution in [0, 0.1) is 6.92 Å². The summed E-state index contributed by atoms with van der Waals surface area (Å²) < 4.78 is 83.4. The molecule has 0 spiro atoms. The predicted molar refractivity (Wildman–Crippen MR) is 98.3 cm³/mol. The van der Waals surface area contributed by atoms with E-state index in [0.717, 1.165) is 22.6 Å². The van der Waals surface area contributed by atoms with Crippen LogP contribution in [0.2, 0.25) is 0 Å². The number of oxime groups is 1. The van der Waals surface area contributed by atoms with Crippen molar-refractivity contribution >= 4 is 17.3 Å². The average Bonchev–Trinajstić information content (AvgIpc) is 3.33. The monoisotopic (exact) mass is 457 g/mol. The molecule has 1 aliphatic heterocycles. The highest BCUT2D eigenvalue weighted by molar-refractivity contribution is 6.07. The van der Waals surface area contributed by atoms with Crippen LogP contribution in [0.1, 0.15) is 39.2 Å². The Morgan fingerprint density at radius 2 is 1.88 bits per heavy atom. The van der Waals surface area contributed by atoms with E-state index in [1.165, 1.54) is 25.4 Å². The molecule has 6 nitrogen and oxygen atoms in total. The highest BCUT2D eigenvalue weighted by Crippen LogP contribution is 2.50. The Labute approximate surface area is 175 Å². The van der Waals surface area contributed by atoms with Gasteiger partial charge in [-0.15, -0.1) is 0 Å². The molecule has 1 unspecified atom stereocenters. The zero-order valence-electron chi connectivity index (χ0n) is 16.1. The number of halogens is 6. The van der Waals surface area contributed by atoms with Crippen molar-refractivity contribution in [3.63, 3.8) is 0 Å². The van der Waals surface area contributed by atoms with Gasteiger partial charge in [-0.2, -0.15) is 26.3 Å². The van der Waals surface area contributed by atoms with E-state index in [2.05, 4.69) is 10.1 Å². The summed E-state index contributed by atoms with van der Waals surface area (Å²) in [5.74, 6) is -1.28. The fraction of sp³-hybridized carbons (Fsp3) is 0.250. The maximum atomic E-state index is 14.2. The van der Waals surface area contributed by atoms with Gasteiger partial charge in [0.15, 0.2) is 0 Å². The standard InChI is InChI=1S/C20H13F6N3O3/c1-10-6-11(8-12(7-10)19(21,22)23)18(20(24,25)26)9-14(28-32-18)13-2-3-15(17(30)31)29-5-4-27-16(13)29/h2-8H,9H2,1H3,(H,30,31). The number of aromatic carboxylic acids is 1. The largest absolute Gasteiger partial charge is 0.477 e. The molecule has 0 saturated carbocycles. The van der Waals surface area contributed by atoms with Gasteiger partial charge in [-0.1, -0.05) is 16.8 Å². The summed E-state index contributed by atoms with van der Waals surface area (Å²) in [7, 11) is 0. The molecule has 32 heavy (non-hydrogen) atoms. The Morgan fingerprint density at radius 3 is 2.50 bits per heavy atom. The molecule has 0 radical (unpaired) electrons. The minimum absolute atomic E-state index is 0.0189. The number of alkyl halides is 6. The highest BCUT2D eigenvalue weighted by Gasteiger charge is 2.62. The van der Waals surface area contributed by atoms with Gasteiger partial charge in [0.05, 0.1) is 17.7 Å². The van der Waals surface area contributed by atoms with Gasteiger partial charge in [0.25, 0.3) is 5.60 Å². The molecule has 1 aliphatic rings. The lowest BCUT2D eigenvalue weighted by Crippen LogP contribution is -2.43. The summed E-state index contributed by atoms with van der Waals surface area (Å²) in [6, 6.07) is 4.51. The Hall–Kier alpha value is -3.57. The summed E-state index contributed by atoms with van der Waals surface area (Å²) in [6.07, 6.45) is -8.32. The van der Waals surface area contributed by atoms with Gasteiger partial charge < -0.3 is 9.94 Å². The van der Waals surface area contributed by atoms with Crippen LogP contribution < -0.4 is 0 Å².